The van der Waals surface area contributed by atoms with Crippen LogP contribution < -0.4 is 10.2 Å². The monoisotopic (exact) mass is 274 g/mol. The molecule has 2 fully saturated rings. The lowest BCUT2D eigenvalue weighted by atomic mass is 10.1. The van der Waals surface area contributed by atoms with E-state index in [1.165, 1.54) is 49.8 Å². The summed E-state index contributed by atoms with van der Waals surface area (Å²) >= 11 is 0. The van der Waals surface area contributed by atoms with Crippen molar-refractivity contribution in [2.75, 3.05) is 18.1 Å². The summed E-state index contributed by atoms with van der Waals surface area (Å²) in [6.07, 6.45) is 7.84. The molecule has 0 bridgehead atoms. The molecular weight excluding hydrogens is 248 g/mol. The zero-order valence-corrected chi connectivity index (χ0v) is 12.2. The van der Waals surface area contributed by atoms with Gasteiger partial charge in [-0.25, -0.2) is 0 Å². The topological polar surface area (TPSA) is 35.5 Å². The average molecular weight is 274 g/mol. The highest BCUT2D eigenvalue weighted by molar-refractivity contribution is 5.54. The number of hydrogen-bond acceptors (Lipinski definition) is 3. The van der Waals surface area contributed by atoms with Gasteiger partial charge in [-0.1, -0.05) is 31.0 Å². The third kappa shape index (κ3) is 3.33. The SMILES string of the molecule is OCCN(c1ccccc1CNC1CC1)C1CCCC1. The summed E-state index contributed by atoms with van der Waals surface area (Å²) in [5, 5.41) is 13.0. The van der Waals surface area contributed by atoms with Gasteiger partial charge in [0, 0.05) is 30.9 Å². The van der Waals surface area contributed by atoms with Crippen LogP contribution in [0, 0.1) is 0 Å². The molecule has 0 heterocycles. The first-order valence-electron chi connectivity index (χ1n) is 8.07. The molecule has 0 saturated heterocycles. The van der Waals surface area contributed by atoms with Crippen LogP contribution in [0.3, 0.4) is 0 Å². The summed E-state index contributed by atoms with van der Waals surface area (Å²) in [4.78, 5) is 2.44. The molecule has 2 aliphatic carbocycles. The fourth-order valence-corrected chi connectivity index (χ4v) is 3.31. The fourth-order valence-electron chi connectivity index (χ4n) is 3.31. The molecule has 2 aliphatic rings. The van der Waals surface area contributed by atoms with Crippen LogP contribution in [0.2, 0.25) is 0 Å². The van der Waals surface area contributed by atoms with Gasteiger partial charge in [0.1, 0.15) is 0 Å². The molecule has 0 spiro atoms. The van der Waals surface area contributed by atoms with E-state index in [1.54, 1.807) is 0 Å². The maximum atomic E-state index is 9.42. The van der Waals surface area contributed by atoms with Crippen molar-refractivity contribution in [3.63, 3.8) is 0 Å². The lowest BCUT2D eigenvalue weighted by Gasteiger charge is -2.32. The molecule has 1 aromatic carbocycles. The Morgan fingerprint density at radius 2 is 1.85 bits per heavy atom. The van der Waals surface area contributed by atoms with E-state index in [0.717, 1.165) is 19.1 Å². The molecule has 2 saturated carbocycles. The van der Waals surface area contributed by atoms with Gasteiger partial charge in [-0.15, -0.1) is 0 Å². The highest BCUT2D eigenvalue weighted by Crippen LogP contribution is 2.30. The summed E-state index contributed by atoms with van der Waals surface area (Å²) in [6.45, 7) is 1.95. The molecule has 0 atom stereocenters. The van der Waals surface area contributed by atoms with Gasteiger partial charge in [0.2, 0.25) is 0 Å². The Bertz CT molecular complexity index is 425. The Kier molecular flexibility index (Phi) is 4.58. The first kappa shape index (κ1) is 13.9. The van der Waals surface area contributed by atoms with E-state index in [2.05, 4.69) is 34.5 Å². The first-order chi connectivity index (χ1) is 9.88. The number of aliphatic hydroxyl groups excluding tert-OH is 1. The number of nitrogens with zero attached hydrogens (tertiary/aromatic N) is 1. The lowest BCUT2D eigenvalue weighted by molar-refractivity contribution is 0.297. The maximum Gasteiger partial charge on any atom is 0.0606 e. The number of anilines is 1. The molecular formula is C17H26N2O. The van der Waals surface area contributed by atoms with Crippen molar-refractivity contribution in [1.82, 2.24) is 5.32 Å². The number of nitrogens with one attached hydrogen (secondary N) is 1. The summed E-state index contributed by atoms with van der Waals surface area (Å²) in [5.41, 5.74) is 2.70. The van der Waals surface area contributed by atoms with Crippen LogP contribution in [-0.2, 0) is 6.54 Å². The second-order valence-corrected chi connectivity index (χ2v) is 6.14. The molecule has 3 rings (SSSR count). The molecule has 1 aromatic rings. The number of benzene rings is 1. The summed E-state index contributed by atoms with van der Waals surface area (Å²) < 4.78 is 0. The first-order valence-corrected chi connectivity index (χ1v) is 8.07. The quantitative estimate of drug-likeness (QED) is 0.802. The van der Waals surface area contributed by atoms with Crippen molar-refractivity contribution in [2.45, 2.75) is 57.2 Å². The normalized spacial score (nSPS) is 19.4. The highest BCUT2D eigenvalue weighted by atomic mass is 16.3. The van der Waals surface area contributed by atoms with Gasteiger partial charge in [0.15, 0.2) is 0 Å². The summed E-state index contributed by atoms with van der Waals surface area (Å²) in [5.74, 6) is 0. The van der Waals surface area contributed by atoms with Gasteiger partial charge >= 0.3 is 0 Å². The number of rotatable bonds is 7. The molecule has 3 nitrogen and oxygen atoms in total. The largest absolute Gasteiger partial charge is 0.395 e. The second-order valence-electron chi connectivity index (χ2n) is 6.14. The van der Waals surface area contributed by atoms with Crippen molar-refractivity contribution in [1.29, 1.82) is 0 Å². The van der Waals surface area contributed by atoms with Crippen LogP contribution in [0.4, 0.5) is 5.69 Å². The zero-order chi connectivity index (χ0) is 13.8. The lowest BCUT2D eigenvalue weighted by Crippen LogP contribution is -2.36. The van der Waals surface area contributed by atoms with E-state index in [0.29, 0.717) is 6.04 Å². The minimum atomic E-state index is 0.237. The minimum absolute atomic E-state index is 0.237. The molecule has 0 amide bonds. The molecule has 3 heteroatoms. The van der Waals surface area contributed by atoms with Crippen molar-refractivity contribution in [3.8, 4) is 0 Å². The van der Waals surface area contributed by atoms with E-state index in [1.807, 2.05) is 0 Å². The van der Waals surface area contributed by atoms with Crippen molar-refractivity contribution < 1.29 is 5.11 Å². The van der Waals surface area contributed by atoms with Gasteiger partial charge in [0.25, 0.3) is 0 Å². The Hall–Kier alpha value is -1.06. The highest BCUT2D eigenvalue weighted by Gasteiger charge is 2.25. The van der Waals surface area contributed by atoms with Crippen LogP contribution in [0.1, 0.15) is 44.1 Å². The van der Waals surface area contributed by atoms with Gasteiger partial charge in [-0.2, -0.15) is 0 Å². The molecule has 20 heavy (non-hydrogen) atoms. The Morgan fingerprint density at radius 3 is 2.55 bits per heavy atom. The Morgan fingerprint density at radius 1 is 1.10 bits per heavy atom. The van der Waals surface area contributed by atoms with Crippen molar-refractivity contribution >= 4 is 5.69 Å². The van der Waals surface area contributed by atoms with Crippen LogP contribution in [0.5, 0.6) is 0 Å². The molecule has 0 radical (unpaired) electrons. The second kappa shape index (κ2) is 6.59. The Balaban J connectivity index is 1.76. The Labute approximate surface area is 122 Å². The van der Waals surface area contributed by atoms with E-state index < -0.39 is 0 Å². The smallest absolute Gasteiger partial charge is 0.0606 e. The molecule has 0 unspecified atom stereocenters. The summed E-state index contributed by atoms with van der Waals surface area (Å²) in [6, 6.07) is 10.0. The third-order valence-electron chi connectivity index (χ3n) is 4.57. The number of hydrogen-bond donors (Lipinski definition) is 2. The van der Waals surface area contributed by atoms with Gasteiger partial charge in [0.05, 0.1) is 6.61 Å². The van der Waals surface area contributed by atoms with E-state index in [-0.39, 0.29) is 6.61 Å². The molecule has 2 N–H and O–H groups in total. The van der Waals surface area contributed by atoms with E-state index in [4.69, 9.17) is 0 Å². The van der Waals surface area contributed by atoms with Crippen LogP contribution in [-0.4, -0.2) is 30.3 Å². The third-order valence-corrected chi connectivity index (χ3v) is 4.57. The average Bonchev–Trinajstić information content (AvgIpc) is 3.16. The van der Waals surface area contributed by atoms with Crippen LogP contribution in [0.25, 0.3) is 0 Å². The van der Waals surface area contributed by atoms with Crippen molar-refractivity contribution in [3.05, 3.63) is 29.8 Å². The predicted molar refractivity (Wildman–Crippen MR) is 83.0 cm³/mol. The molecule has 110 valence electrons. The van der Waals surface area contributed by atoms with E-state index in [9.17, 15) is 5.11 Å². The van der Waals surface area contributed by atoms with Crippen LogP contribution >= 0.6 is 0 Å². The van der Waals surface area contributed by atoms with Crippen molar-refractivity contribution in [2.24, 2.45) is 0 Å². The van der Waals surface area contributed by atoms with Gasteiger partial charge in [-0.3, -0.25) is 0 Å². The molecule has 0 aromatic heterocycles. The fraction of sp³-hybridized carbons (Fsp3) is 0.647. The number of para-hydroxylation sites is 1. The molecule has 0 aliphatic heterocycles. The predicted octanol–water partition coefficient (Wildman–Crippen LogP) is 2.68. The van der Waals surface area contributed by atoms with Gasteiger partial charge in [-0.05, 0) is 37.3 Å². The number of aliphatic hydroxyl groups is 1. The van der Waals surface area contributed by atoms with E-state index >= 15 is 0 Å². The zero-order valence-electron chi connectivity index (χ0n) is 12.2. The summed E-state index contributed by atoms with van der Waals surface area (Å²) in [7, 11) is 0. The maximum absolute atomic E-state index is 9.42. The standard InChI is InChI=1S/C17H26N2O/c20-12-11-19(16-6-2-3-7-16)17-8-4-1-5-14(17)13-18-15-9-10-15/h1,4-5,8,15-16,18,20H,2-3,6-7,9-13H2. The van der Waals surface area contributed by atoms with Crippen LogP contribution in [0.15, 0.2) is 24.3 Å². The minimum Gasteiger partial charge on any atom is -0.395 e. The van der Waals surface area contributed by atoms with Gasteiger partial charge < -0.3 is 15.3 Å².